The Morgan fingerprint density at radius 3 is 2.94 bits per heavy atom. The Hall–Kier alpha value is -1.52. The molecule has 0 radical (unpaired) electrons. The molecule has 0 unspecified atom stereocenters. The van der Waals surface area contributed by atoms with Crippen LogP contribution in [0.3, 0.4) is 0 Å². The van der Waals surface area contributed by atoms with Gasteiger partial charge >= 0.3 is 6.09 Å². The molecule has 5 heteroatoms. The summed E-state index contributed by atoms with van der Waals surface area (Å²) in [6.45, 7) is 7.06. The summed E-state index contributed by atoms with van der Waals surface area (Å²) >= 11 is 0. The smallest absolute Gasteiger partial charge is 0.410 e. The van der Waals surface area contributed by atoms with Gasteiger partial charge in [0.05, 0.1) is 0 Å². The third kappa shape index (κ3) is 2.99. The summed E-state index contributed by atoms with van der Waals surface area (Å²) in [5.74, 6) is 1.26. The minimum absolute atomic E-state index is 0.230. The second-order valence-corrected chi connectivity index (χ2v) is 5.39. The number of nitrogens with zero attached hydrogens (tertiary/aromatic N) is 2. The molecule has 1 saturated heterocycles. The van der Waals surface area contributed by atoms with Crippen LogP contribution in [0.4, 0.5) is 4.79 Å². The minimum Gasteiger partial charge on any atom is -0.444 e. The number of imidazole rings is 1. The van der Waals surface area contributed by atoms with E-state index in [2.05, 4.69) is 9.97 Å². The van der Waals surface area contributed by atoms with Crippen molar-refractivity contribution in [3.63, 3.8) is 0 Å². The van der Waals surface area contributed by atoms with Gasteiger partial charge in [-0.15, -0.1) is 0 Å². The van der Waals surface area contributed by atoms with Crippen LogP contribution < -0.4 is 0 Å². The van der Waals surface area contributed by atoms with Gasteiger partial charge in [0.25, 0.3) is 0 Å². The molecule has 1 aliphatic heterocycles. The standard InChI is InChI=1S/C12H19N3O2/c1-12(2,3)17-11(16)15-7-4-9(8-15)10-13-5-6-14-10/h5-6,9H,4,7-8H2,1-3H3,(H,13,14)/t9-/m0/s1. The molecule has 1 aromatic heterocycles. The molecule has 0 saturated carbocycles. The Balaban J connectivity index is 1.92. The molecule has 0 spiro atoms. The molecule has 2 rings (SSSR count). The number of amides is 1. The van der Waals surface area contributed by atoms with E-state index < -0.39 is 5.60 Å². The number of nitrogens with one attached hydrogen (secondary N) is 1. The molecule has 1 amide bonds. The molecule has 1 atom stereocenters. The van der Waals surface area contributed by atoms with Crippen LogP contribution in [0.25, 0.3) is 0 Å². The lowest BCUT2D eigenvalue weighted by Crippen LogP contribution is -2.35. The van der Waals surface area contributed by atoms with Gasteiger partial charge in [-0.05, 0) is 27.2 Å². The maximum absolute atomic E-state index is 11.8. The predicted molar refractivity (Wildman–Crippen MR) is 63.8 cm³/mol. The number of aromatic amines is 1. The van der Waals surface area contributed by atoms with E-state index in [1.54, 1.807) is 11.1 Å². The van der Waals surface area contributed by atoms with Crippen LogP contribution in [0.1, 0.15) is 38.9 Å². The highest BCUT2D eigenvalue weighted by Gasteiger charge is 2.31. The summed E-state index contributed by atoms with van der Waals surface area (Å²) < 4.78 is 5.34. The van der Waals surface area contributed by atoms with Gasteiger partial charge in [-0.25, -0.2) is 9.78 Å². The summed E-state index contributed by atoms with van der Waals surface area (Å²) in [7, 11) is 0. The second-order valence-electron chi connectivity index (χ2n) is 5.39. The zero-order valence-corrected chi connectivity index (χ0v) is 10.6. The van der Waals surface area contributed by atoms with Gasteiger partial charge in [0.1, 0.15) is 11.4 Å². The fraction of sp³-hybridized carbons (Fsp3) is 0.667. The first-order valence-corrected chi connectivity index (χ1v) is 5.93. The van der Waals surface area contributed by atoms with Crippen molar-refractivity contribution in [2.75, 3.05) is 13.1 Å². The van der Waals surface area contributed by atoms with Crippen LogP contribution in [0.5, 0.6) is 0 Å². The number of aromatic nitrogens is 2. The van der Waals surface area contributed by atoms with E-state index in [4.69, 9.17) is 4.74 Å². The van der Waals surface area contributed by atoms with E-state index in [1.165, 1.54) is 0 Å². The number of likely N-dealkylation sites (tertiary alicyclic amines) is 1. The Kier molecular flexibility index (Phi) is 3.09. The topological polar surface area (TPSA) is 58.2 Å². The third-order valence-electron chi connectivity index (χ3n) is 2.75. The van der Waals surface area contributed by atoms with Gasteiger partial charge in [0.2, 0.25) is 0 Å². The Labute approximate surface area is 101 Å². The third-order valence-corrected chi connectivity index (χ3v) is 2.75. The molecule has 0 aliphatic carbocycles. The summed E-state index contributed by atoms with van der Waals surface area (Å²) in [6, 6.07) is 0. The number of rotatable bonds is 1. The van der Waals surface area contributed by atoms with E-state index in [0.29, 0.717) is 12.5 Å². The van der Waals surface area contributed by atoms with Crippen molar-refractivity contribution in [2.24, 2.45) is 0 Å². The lowest BCUT2D eigenvalue weighted by atomic mass is 10.1. The molecule has 1 aliphatic rings. The monoisotopic (exact) mass is 237 g/mol. The molecule has 0 bridgehead atoms. The average molecular weight is 237 g/mol. The summed E-state index contributed by atoms with van der Waals surface area (Å²) in [5.41, 5.74) is -0.431. The van der Waals surface area contributed by atoms with Gasteiger partial charge in [0.15, 0.2) is 0 Å². The predicted octanol–water partition coefficient (Wildman–Crippen LogP) is 2.13. The van der Waals surface area contributed by atoms with E-state index in [-0.39, 0.29) is 6.09 Å². The number of carbonyl (C=O) groups excluding carboxylic acids is 1. The fourth-order valence-corrected chi connectivity index (χ4v) is 1.98. The maximum Gasteiger partial charge on any atom is 0.410 e. The van der Waals surface area contributed by atoms with E-state index >= 15 is 0 Å². The number of hydrogen-bond acceptors (Lipinski definition) is 3. The lowest BCUT2D eigenvalue weighted by molar-refractivity contribution is 0.0292. The first-order valence-electron chi connectivity index (χ1n) is 5.93. The number of H-pyrrole nitrogens is 1. The largest absolute Gasteiger partial charge is 0.444 e. The molecule has 1 aromatic rings. The van der Waals surface area contributed by atoms with Crippen LogP contribution in [0, 0.1) is 0 Å². The molecular formula is C12H19N3O2. The average Bonchev–Trinajstić information content (AvgIpc) is 2.86. The molecular weight excluding hydrogens is 218 g/mol. The quantitative estimate of drug-likeness (QED) is 0.814. The van der Waals surface area contributed by atoms with Crippen LogP contribution in [-0.2, 0) is 4.74 Å². The summed E-state index contributed by atoms with van der Waals surface area (Å²) in [6.07, 6.45) is 4.26. The van der Waals surface area contributed by atoms with Crippen molar-refractivity contribution < 1.29 is 9.53 Å². The van der Waals surface area contributed by atoms with Crippen LogP contribution in [-0.4, -0.2) is 39.7 Å². The molecule has 1 N–H and O–H groups in total. The highest BCUT2D eigenvalue weighted by molar-refractivity contribution is 5.68. The Morgan fingerprint density at radius 2 is 2.35 bits per heavy atom. The SMILES string of the molecule is CC(C)(C)OC(=O)N1CC[C@H](c2ncc[nH]2)C1. The van der Waals surface area contributed by atoms with Gasteiger partial charge in [-0.1, -0.05) is 0 Å². The zero-order valence-electron chi connectivity index (χ0n) is 10.6. The van der Waals surface area contributed by atoms with Crippen molar-refractivity contribution in [1.29, 1.82) is 0 Å². The molecule has 17 heavy (non-hydrogen) atoms. The van der Waals surface area contributed by atoms with Crippen molar-refractivity contribution in [3.05, 3.63) is 18.2 Å². The summed E-state index contributed by atoms with van der Waals surface area (Å²) in [4.78, 5) is 20.9. The van der Waals surface area contributed by atoms with Gasteiger partial charge in [-0.2, -0.15) is 0 Å². The normalized spacial score (nSPS) is 20.6. The van der Waals surface area contributed by atoms with Crippen LogP contribution in [0.15, 0.2) is 12.4 Å². The molecule has 94 valence electrons. The Bertz CT molecular complexity index is 381. The number of hydrogen-bond donors (Lipinski definition) is 1. The molecule has 0 aromatic carbocycles. The van der Waals surface area contributed by atoms with Crippen molar-refractivity contribution in [2.45, 2.75) is 38.7 Å². The highest BCUT2D eigenvalue weighted by atomic mass is 16.6. The van der Waals surface area contributed by atoms with Gasteiger partial charge < -0.3 is 14.6 Å². The minimum atomic E-state index is -0.431. The lowest BCUT2D eigenvalue weighted by Gasteiger charge is -2.24. The summed E-state index contributed by atoms with van der Waals surface area (Å²) in [5, 5.41) is 0. The second kappa shape index (κ2) is 4.39. The highest BCUT2D eigenvalue weighted by Crippen LogP contribution is 2.25. The first kappa shape index (κ1) is 12.0. The van der Waals surface area contributed by atoms with Gasteiger partial charge in [0, 0.05) is 31.4 Å². The number of ether oxygens (including phenoxy) is 1. The van der Waals surface area contributed by atoms with Crippen molar-refractivity contribution in [3.8, 4) is 0 Å². The van der Waals surface area contributed by atoms with Crippen molar-refractivity contribution >= 4 is 6.09 Å². The molecule has 2 heterocycles. The molecule has 1 fully saturated rings. The van der Waals surface area contributed by atoms with Crippen LogP contribution in [0.2, 0.25) is 0 Å². The molecule has 5 nitrogen and oxygen atoms in total. The van der Waals surface area contributed by atoms with Crippen LogP contribution >= 0.6 is 0 Å². The van der Waals surface area contributed by atoms with E-state index in [1.807, 2.05) is 27.0 Å². The Morgan fingerprint density at radius 1 is 1.59 bits per heavy atom. The fourth-order valence-electron chi connectivity index (χ4n) is 1.98. The maximum atomic E-state index is 11.8. The van der Waals surface area contributed by atoms with E-state index in [9.17, 15) is 4.79 Å². The first-order chi connectivity index (χ1) is 7.96. The zero-order chi connectivity index (χ0) is 12.5. The number of carbonyl (C=O) groups is 1. The van der Waals surface area contributed by atoms with Gasteiger partial charge in [-0.3, -0.25) is 0 Å². The van der Waals surface area contributed by atoms with E-state index in [0.717, 1.165) is 18.8 Å². The van der Waals surface area contributed by atoms with Crippen molar-refractivity contribution in [1.82, 2.24) is 14.9 Å².